The van der Waals surface area contributed by atoms with Crippen molar-refractivity contribution in [2.45, 2.75) is 45.1 Å². The van der Waals surface area contributed by atoms with E-state index in [1.807, 2.05) is 45.0 Å². The van der Waals surface area contributed by atoms with Crippen molar-refractivity contribution in [3.05, 3.63) is 40.4 Å². The van der Waals surface area contributed by atoms with Gasteiger partial charge in [0.2, 0.25) is 5.78 Å². The molecule has 1 aliphatic rings. The molecular formula is C16H18N2O2S. The molecule has 21 heavy (non-hydrogen) atoms. The molecule has 0 atom stereocenters. The summed E-state index contributed by atoms with van der Waals surface area (Å²) in [7, 11) is 0. The first kappa shape index (κ1) is 14.2. The number of hydrogen-bond acceptors (Lipinski definition) is 5. The van der Waals surface area contributed by atoms with Gasteiger partial charge in [-0.25, -0.2) is 0 Å². The molecule has 4 nitrogen and oxygen atoms in total. The van der Waals surface area contributed by atoms with Crippen LogP contribution in [0.15, 0.2) is 24.3 Å². The zero-order valence-electron chi connectivity index (χ0n) is 12.4. The molecule has 0 spiro atoms. The summed E-state index contributed by atoms with van der Waals surface area (Å²) in [5, 5.41) is 4.12. The van der Waals surface area contributed by atoms with Crippen LogP contribution in [0.2, 0.25) is 0 Å². The second-order valence-corrected chi connectivity index (χ2v) is 7.13. The lowest BCUT2D eigenvalue weighted by atomic mass is 9.90. The van der Waals surface area contributed by atoms with Crippen LogP contribution < -0.4 is 4.74 Å². The van der Waals surface area contributed by atoms with Crippen LogP contribution in [0.5, 0.6) is 5.75 Å². The van der Waals surface area contributed by atoms with E-state index in [4.69, 9.17) is 4.74 Å². The summed E-state index contributed by atoms with van der Waals surface area (Å²) in [6, 6.07) is 7.34. The number of benzene rings is 1. The predicted octanol–water partition coefficient (Wildman–Crippen LogP) is 3.61. The Morgan fingerprint density at radius 2 is 1.90 bits per heavy atom. The zero-order chi connectivity index (χ0) is 15.0. The molecule has 0 aliphatic heterocycles. The summed E-state index contributed by atoms with van der Waals surface area (Å²) in [6.07, 6.45) is 2.62. The van der Waals surface area contributed by atoms with E-state index in [2.05, 4.69) is 9.59 Å². The second-order valence-electron chi connectivity index (χ2n) is 6.37. The first-order chi connectivity index (χ1) is 9.95. The van der Waals surface area contributed by atoms with E-state index < -0.39 is 0 Å². The Hall–Kier alpha value is -1.75. The molecule has 1 saturated carbocycles. The van der Waals surface area contributed by atoms with Crippen molar-refractivity contribution in [3.63, 3.8) is 0 Å². The van der Waals surface area contributed by atoms with Gasteiger partial charge in [-0.15, -0.1) is 5.10 Å². The van der Waals surface area contributed by atoms with Gasteiger partial charge >= 0.3 is 0 Å². The van der Waals surface area contributed by atoms with Crippen molar-refractivity contribution in [1.29, 1.82) is 0 Å². The number of carbonyl (C=O) groups excluding carboxylic acids is 1. The SMILES string of the molecule is CC(C)(C)c1nnsc1C(=O)c1ccc(OC2CC2)cc1. The average Bonchev–Trinajstić information content (AvgIpc) is 3.09. The van der Waals surface area contributed by atoms with Crippen LogP contribution in [-0.2, 0) is 5.41 Å². The summed E-state index contributed by atoms with van der Waals surface area (Å²) in [4.78, 5) is 13.2. The van der Waals surface area contributed by atoms with E-state index in [9.17, 15) is 4.79 Å². The molecule has 0 unspecified atom stereocenters. The molecule has 0 amide bonds. The van der Waals surface area contributed by atoms with Crippen molar-refractivity contribution in [3.8, 4) is 5.75 Å². The molecule has 110 valence electrons. The van der Waals surface area contributed by atoms with Crippen LogP contribution in [0, 0.1) is 0 Å². The van der Waals surface area contributed by atoms with Crippen molar-refractivity contribution in [2.75, 3.05) is 0 Å². The molecule has 5 heteroatoms. The molecule has 0 radical (unpaired) electrons. The Morgan fingerprint density at radius 3 is 2.48 bits per heavy atom. The Bertz CT molecular complexity index is 652. The van der Waals surface area contributed by atoms with Gasteiger partial charge in [0.15, 0.2) is 0 Å². The minimum Gasteiger partial charge on any atom is -0.490 e. The van der Waals surface area contributed by atoms with E-state index in [0.29, 0.717) is 16.5 Å². The standard InChI is InChI=1S/C16H18N2O2S/c1-16(2,3)15-14(21-18-17-15)13(19)10-4-6-11(7-5-10)20-12-8-9-12/h4-7,12H,8-9H2,1-3H3. The maximum absolute atomic E-state index is 12.6. The maximum atomic E-state index is 12.6. The third-order valence-corrected chi connectivity index (χ3v) is 4.07. The van der Waals surface area contributed by atoms with Gasteiger partial charge in [0.1, 0.15) is 10.6 Å². The molecule has 2 aromatic rings. The van der Waals surface area contributed by atoms with E-state index in [-0.39, 0.29) is 11.2 Å². The molecule has 1 aromatic heterocycles. The second kappa shape index (κ2) is 5.22. The lowest BCUT2D eigenvalue weighted by Crippen LogP contribution is -2.16. The monoisotopic (exact) mass is 302 g/mol. The van der Waals surface area contributed by atoms with E-state index in [1.165, 1.54) is 0 Å². The summed E-state index contributed by atoms with van der Waals surface area (Å²) < 4.78 is 9.64. The zero-order valence-corrected chi connectivity index (χ0v) is 13.2. The van der Waals surface area contributed by atoms with Crippen LogP contribution in [0.4, 0.5) is 0 Å². The highest BCUT2D eigenvalue weighted by Gasteiger charge is 2.27. The summed E-state index contributed by atoms with van der Waals surface area (Å²) in [6.45, 7) is 6.10. The highest BCUT2D eigenvalue weighted by atomic mass is 32.1. The van der Waals surface area contributed by atoms with Gasteiger partial charge < -0.3 is 4.74 Å². The first-order valence-corrected chi connectivity index (χ1v) is 7.87. The Morgan fingerprint density at radius 1 is 1.24 bits per heavy atom. The van der Waals surface area contributed by atoms with Crippen molar-refractivity contribution < 1.29 is 9.53 Å². The van der Waals surface area contributed by atoms with Crippen molar-refractivity contribution in [2.24, 2.45) is 0 Å². The number of hydrogen-bond donors (Lipinski definition) is 0. The smallest absolute Gasteiger partial charge is 0.206 e. The van der Waals surface area contributed by atoms with Gasteiger partial charge in [-0.2, -0.15) is 0 Å². The molecule has 1 aliphatic carbocycles. The maximum Gasteiger partial charge on any atom is 0.206 e. The van der Waals surface area contributed by atoms with Crippen LogP contribution in [0.3, 0.4) is 0 Å². The van der Waals surface area contributed by atoms with Gasteiger partial charge in [-0.3, -0.25) is 4.79 Å². The topological polar surface area (TPSA) is 52.1 Å². The van der Waals surface area contributed by atoms with Crippen molar-refractivity contribution in [1.82, 2.24) is 9.59 Å². The van der Waals surface area contributed by atoms with Crippen LogP contribution in [-0.4, -0.2) is 21.5 Å². The fourth-order valence-electron chi connectivity index (χ4n) is 2.02. The van der Waals surface area contributed by atoms with Crippen molar-refractivity contribution >= 4 is 17.3 Å². The molecule has 0 N–H and O–H groups in total. The minimum absolute atomic E-state index is 0.0205. The number of ether oxygens (including phenoxy) is 1. The quantitative estimate of drug-likeness (QED) is 0.810. The highest BCUT2D eigenvalue weighted by molar-refractivity contribution is 7.08. The lowest BCUT2D eigenvalue weighted by molar-refractivity contribution is 0.104. The van der Waals surface area contributed by atoms with Crippen LogP contribution in [0.1, 0.15) is 54.5 Å². The third-order valence-electron chi connectivity index (χ3n) is 3.35. The molecule has 0 bridgehead atoms. The molecule has 1 fully saturated rings. The number of rotatable bonds is 4. The van der Waals surface area contributed by atoms with Crippen LogP contribution >= 0.6 is 11.5 Å². The number of nitrogens with zero attached hydrogens (tertiary/aromatic N) is 2. The van der Waals surface area contributed by atoms with E-state index >= 15 is 0 Å². The van der Waals surface area contributed by atoms with Gasteiger partial charge in [-0.1, -0.05) is 25.3 Å². The predicted molar refractivity (Wildman–Crippen MR) is 82.1 cm³/mol. The summed E-state index contributed by atoms with van der Waals surface area (Å²) in [5.41, 5.74) is 1.22. The number of ketones is 1. The van der Waals surface area contributed by atoms with E-state index in [1.54, 1.807) is 0 Å². The molecule has 1 heterocycles. The number of carbonyl (C=O) groups is 1. The molecule has 3 rings (SSSR count). The lowest BCUT2D eigenvalue weighted by Gasteiger charge is -2.16. The fourth-order valence-corrected chi connectivity index (χ4v) is 2.86. The third kappa shape index (κ3) is 3.13. The highest BCUT2D eigenvalue weighted by Crippen LogP contribution is 2.29. The molecule has 0 saturated heterocycles. The fraction of sp³-hybridized carbons (Fsp3) is 0.438. The summed E-state index contributed by atoms with van der Waals surface area (Å²) >= 11 is 1.16. The van der Waals surface area contributed by atoms with Gasteiger partial charge in [0.25, 0.3) is 0 Å². The number of aromatic nitrogens is 2. The Labute approximate surface area is 128 Å². The molecular weight excluding hydrogens is 284 g/mol. The normalized spacial score (nSPS) is 15.0. The molecule has 1 aromatic carbocycles. The average molecular weight is 302 g/mol. The Balaban J connectivity index is 1.83. The van der Waals surface area contributed by atoms with Gasteiger partial charge in [0.05, 0.1) is 11.8 Å². The summed E-state index contributed by atoms with van der Waals surface area (Å²) in [5.74, 6) is 0.806. The van der Waals surface area contributed by atoms with Gasteiger partial charge in [0, 0.05) is 11.0 Å². The largest absolute Gasteiger partial charge is 0.490 e. The van der Waals surface area contributed by atoms with Crippen LogP contribution in [0.25, 0.3) is 0 Å². The first-order valence-electron chi connectivity index (χ1n) is 7.09. The van der Waals surface area contributed by atoms with E-state index in [0.717, 1.165) is 35.8 Å². The Kier molecular flexibility index (Phi) is 3.53. The minimum atomic E-state index is -0.187. The van der Waals surface area contributed by atoms with Gasteiger partial charge in [-0.05, 0) is 48.6 Å².